The maximum atomic E-state index is 12.9. The molecule has 1 aliphatic carbocycles. The Morgan fingerprint density at radius 3 is 2.62 bits per heavy atom. The maximum Gasteiger partial charge on any atom is 0.198 e. The summed E-state index contributed by atoms with van der Waals surface area (Å²) >= 11 is 12.2. The third-order valence-corrected chi connectivity index (χ3v) is 6.49. The van der Waals surface area contributed by atoms with E-state index in [9.17, 15) is 13.2 Å². The van der Waals surface area contributed by atoms with Gasteiger partial charge in [0.05, 0.1) is 27.6 Å². The predicted octanol–water partition coefficient (Wildman–Crippen LogP) is 4.02. The summed E-state index contributed by atoms with van der Waals surface area (Å²) in [7, 11) is -3.39. The zero-order chi connectivity index (χ0) is 17.5. The Kier molecular flexibility index (Phi) is 4.73. The van der Waals surface area contributed by atoms with E-state index in [1.165, 1.54) is 18.3 Å². The van der Waals surface area contributed by atoms with Crippen LogP contribution in [0.4, 0.5) is 0 Å². The summed E-state index contributed by atoms with van der Waals surface area (Å²) in [5.41, 5.74) is 0.788. The molecule has 1 aromatic carbocycles. The lowest BCUT2D eigenvalue weighted by atomic mass is 9.98. The SMILES string of the molecule is CCS(=O)(=O)Cc1c(C(=O)c2cnoc2C2CC2)ccc(Cl)c1Cl. The van der Waals surface area contributed by atoms with Crippen LogP contribution in [0, 0.1) is 0 Å². The van der Waals surface area contributed by atoms with Gasteiger partial charge in [-0.25, -0.2) is 8.42 Å². The molecule has 8 heteroatoms. The van der Waals surface area contributed by atoms with E-state index in [0.29, 0.717) is 11.3 Å². The number of aromatic nitrogens is 1. The van der Waals surface area contributed by atoms with Crippen molar-refractivity contribution >= 4 is 38.8 Å². The van der Waals surface area contributed by atoms with Gasteiger partial charge in [0.1, 0.15) is 0 Å². The lowest BCUT2D eigenvalue weighted by molar-refractivity contribution is 0.103. The Bertz CT molecular complexity index is 901. The first-order chi connectivity index (χ1) is 11.3. The number of rotatable bonds is 6. The average molecular weight is 388 g/mol. The molecule has 5 nitrogen and oxygen atoms in total. The van der Waals surface area contributed by atoms with Crippen LogP contribution in [0.1, 0.15) is 52.9 Å². The van der Waals surface area contributed by atoms with Gasteiger partial charge in [-0.05, 0) is 30.5 Å². The molecule has 1 saturated carbocycles. The standard InChI is InChI=1S/C16H15Cl2NO4S/c1-2-24(21,22)8-12-10(5-6-13(17)14(12)18)15(20)11-7-19-23-16(11)9-3-4-9/h5-7,9H,2-4,8H2,1H3. The number of benzene rings is 1. The molecular weight excluding hydrogens is 373 g/mol. The molecule has 128 valence electrons. The largest absolute Gasteiger partial charge is 0.360 e. The van der Waals surface area contributed by atoms with Gasteiger partial charge in [0.25, 0.3) is 0 Å². The normalized spacial score (nSPS) is 14.8. The molecule has 24 heavy (non-hydrogen) atoms. The molecule has 2 aromatic rings. The maximum absolute atomic E-state index is 12.9. The Morgan fingerprint density at radius 2 is 2.00 bits per heavy atom. The number of hydrogen-bond acceptors (Lipinski definition) is 5. The van der Waals surface area contributed by atoms with Crippen LogP contribution >= 0.6 is 23.2 Å². The molecule has 3 rings (SSSR count). The molecule has 1 fully saturated rings. The molecule has 0 amide bonds. The summed E-state index contributed by atoms with van der Waals surface area (Å²) in [6, 6.07) is 2.99. The van der Waals surface area contributed by atoms with E-state index in [-0.39, 0.29) is 44.4 Å². The van der Waals surface area contributed by atoms with Gasteiger partial charge in [-0.15, -0.1) is 0 Å². The molecule has 1 heterocycles. The van der Waals surface area contributed by atoms with Gasteiger partial charge in [0.2, 0.25) is 0 Å². The molecule has 0 aliphatic heterocycles. The highest BCUT2D eigenvalue weighted by molar-refractivity contribution is 7.90. The van der Waals surface area contributed by atoms with E-state index in [0.717, 1.165) is 12.8 Å². The molecule has 0 bridgehead atoms. The highest BCUT2D eigenvalue weighted by Gasteiger charge is 2.33. The van der Waals surface area contributed by atoms with Gasteiger partial charge in [-0.3, -0.25) is 4.79 Å². The van der Waals surface area contributed by atoms with E-state index in [1.54, 1.807) is 6.92 Å². The fraction of sp³-hybridized carbons (Fsp3) is 0.375. The molecule has 1 aromatic heterocycles. The van der Waals surface area contributed by atoms with Crippen LogP contribution in [0.15, 0.2) is 22.9 Å². The van der Waals surface area contributed by atoms with Gasteiger partial charge in [-0.1, -0.05) is 35.3 Å². The second kappa shape index (κ2) is 6.50. The first-order valence-electron chi connectivity index (χ1n) is 7.50. The third-order valence-electron chi connectivity index (χ3n) is 4.04. The summed E-state index contributed by atoms with van der Waals surface area (Å²) in [4.78, 5) is 12.9. The molecule has 1 aliphatic rings. The summed E-state index contributed by atoms with van der Waals surface area (Å²) in [5, 5.41) is 4.01. The van der Waals surface area contributed by atoms with Gasteiger partial charge in [0.15, 0.2) is 21.4 Å². The minimum atomic E-state index is -3.39. The van der Waals surface area contributed by atoms with Crippen molar-refractivity contribution in [2.45, 2.75) is 31.4 Å². The molecule has 0 radical (unpaired) electrons. The van der Waals surface area contributed by atoms with Crippen molar-refractivity contribution in [2.75, 3.05) is 5.75 Å². The molecular formula is C16H15Cl2NO4S. The van der Waals surface area contributed by atoms with Crippen molar-refractivity contribution < 1.29 is 17.7 Å². The van der Waals surface area contributed by atoms with E-state index >= 15 is 0 Å². The van der Waals surface area contributed by atoms with E-state index in [4.69, 9.17) is 27.7 Å². The van der Waals surface area contributed by atoms with Crippen molar-refractivity contribution in [2.24, 2.45) is 0 Å². The Hall–Kier alpha value is -1.37. The van der Waals surface area contributed by atoms with Crippen LogP contribution in [-0.2, 0) is 15.6 Å². The summed E-state index contributed by atoms with van der Waals surface area (Å²) in [6.07, 6.45) is 3.28. The zero-order valence-corrected chi connectivity index (χ0v) is 15.2. The number of carbonyl (C=O) groups is 1. The van der Waals surface area contributed by atoms with E-state index in [1.807, 2.05) is 0 Å². The van der Waals surface area contributed by atoms with Crippen LogP contribution < -0.4 is 0 Å². The predicted molar refractivity (Wildman–Crippen MR) is 91.5 cm³/mol. The third kappa shape index (κ3) is 3.36. The second-order valence-electron chi connectivity index (χ2n) is 5.77. The summed E-state index contributed by atoms with van der Waals surface area (Å²) in [6.45, 7) is 1.54. The van der Waals surface area contributed by atoms with Gasteiger partial charge in [-0.2, -0.15) is 0 Å². The zero-order valence-electron chi connectivity index (χ0n) is 12.9. The van der Waals surface area contributed by atoms with E-state index < -0.39 is 9.84 Å². The van der Waals surface area contributed by atoms with Crippen molar-refractivity contribution in [1.29, 1.82) is 0 Å². The molecule has 0 unspecified atom stereocenters. The lowest BCUT2D eigenvalue weighted by Crippen LogP contribution is -2.13. The fourth-order valence-electron chi connectivity index (χ4n) is 2.47. The van der Waals surface area contributed by atoms with Crippen molar-refractivity contribution in [1.82, 2.24) is 5.16 Å². The number of nitrogens with zero attached hydrogens (tertiary/aromatic N) is 1. The quantitative estimate of drug-likeness (QED) is 0.699. The molecule has 0 atom stereocenters. The smallest absolute Gasteiger partial charge is 0.198 e. The average Bonchev–Trinajstić information content (AvgIpc) is 3.28. The molecule has 0 N–H and O–H groups in total. The van der Waals surface area contributed by atoms with Crippen LogP contribution in [0.5, 0.6) is 0 Å². The Balaban J connectivity index is 2.08. The minimum absolute atomic E-state index is 0.0515. The highest BCUT2D eigenvalue weighted by Crippen LogP contribution is 2.42. The van der Waals surface area contributed by atoms with Crippen LogP contribution in [-0.4, -0.2) is 25.1 Å². The number of carbonyl (C=O) groups excluding carboxylic acids is 1. The number of halogens is 2. The van der Waals surface area contributed by atoms with Gasteiger partial charge < -0.3 is 4.52 Å². The Labute approximate surface area is 149 Å². The first-order valence-corrected chi connectivity index (χ1v) is 10.1. The van der Waals surface area contributed by atoms with Crippen molar-refractivity contribution in [3.63, 3.8) is 0 Å². The lowest BCUT2D eigenvalue weighted by Gasteiger charge is -2.12. The first kappa shape index (κ1) is 17.5. The number of sulfone groups is 1. The van der Waals surface area contributed by atoms with Crippen LogP contribution in [0.25, 0.3) is 0 Å². The van der Waals surface area contributed by atoms with Gasteiger partial charge in [0, 0.05) is 17.2 Å². The molecule has 0 spiro atoms. The van der Waals surface area contributed by atoms with Crippen molar-refractivity contribution in [3.05, 3.63) is 50.8 Å². The summed E-state index contributed by atoms with van der Waals surface area (Å²) in [5.74, 6) is 0.0170. The Morgan fingerprint density at radius 1 is 1.29 bits per heavy atom. The highest BCUT2D eigenvalue weighted by atomic mass is 35.5. The minimum Gasteiger partial charge on any atom is -0.360 e. The second-order valence-corrected chi connectivity index (χ2v) is 8.91. The van der Waals surface area contributed by atoms with E-state index in [2.05, 4.69) is 5.16 Å². The van der Waals surface area contributed by atoms with Crippen LogP contribution in [0.3, 0.4) is 0 Å². The van der Waals surface area contributed by atoms with Gasteiger partial charge >= 0.3 is 0 Å². The number of hydrogen-bond donors (Lipinski definition) is 0. The molecule has 0 saturated heterocycles. The number of ketones is 1. The summed E-state index contributed by atoms with van der Waals surface area (Å²) < 4.78 is 29.3. The monoisotopic (exact) mass is 387 g/mol. The van der Waals surface area contributed by atoms with Crippen molar-refractivity contribution in [3.8, 4) is 0 Å². The van der Waals surface area contributed by atoms with Crippen LogP contribution in [0.2, 0.25) is 10.0 Å². The fourth-order valence-corrected chi connectivity index (χ4v) is 3.90. The topological polar surface area (TPSA) is 77.2 Å².